The minimum atomic E-state index is 0.793. The third kappa shape index (κ3) is 6.29. The molecular weight excluding hydrogens is 322 g/mol. The van der Waals surface area contributed by atoms with Crippen LogP contribution in [-0.4, -0.2) is 42.1 Å². The predicted molar refractivity (Wildman–Crippen MR) is 105 cm³/mol. The molecule has 0 unspecified atom stereocenters. The Bertz CT molecular complexity index is 591. The minimum Gasteiger partial charge on any atom is -0.344 e. The van der Waals surface area contributed by atoms with Crippen LogP contribution in [0.4, 0.5) is 5.69 Å². The molecule has 0 aliphatic heterocycles. The average molecular weight is 348 g/mol. The van der Waals surface area contributed by atoms with Crippen LogP contribution in [0.25, 0.3) is 0 Å². The second kappa shape index (κ2) is 9.01. The standard InChI is InChI=1S/C18H25N3S2/c1-15-7-9-16(10-8-15)19-18(22)21(12-5-11-20(2)3)14-17-6-4-13-23-17/h4,6-10,13H,5,11-12,14H2,1-3H3,(H,19,22). The van der Waals surface area contributed by atoms with Gasteiger partial charge in [0, 0.05) is 17.1 Å². The third-order valence-corrected chi connectivity index (χ3v) is 4.77. The maximum atomic E-state index is 5.65. The Balaban J connectivity index is 1.98. The summed E-state index contributed by atoms with van der Waals surface area (Å²) in [6, 6.07) is 12.6. The van der Waals surface area contributed by atoms with E-state index >= 15 is 0 Å². The molecule has 0 aliphatic rings. The van der Waals surface area contributed by atoms with Gasteiger partial charge in [-0.15, -0.1) is 11.3 Å². The molecule has 0 fully saturated rings. The number of benzene rings is 1. The molecule has 2 rings (SSSR count). The van der Waals surface area contributed by atoms with E-state index in [1.54, 1.807) is 11.3 Å². The lowest BCUT2D eigenvalue weighted by atomic mass is 10.2. The van der Waals surface area contributed by atoms with E-state index in [1.165, 1.54) is 10.4 Å². The van der Waals surface area contributed by atoms with Gasteiger partial charge in [-0.25, -0.2) is 0 Å². The van der Waals surface area contributed by atoms with Crippen LogP contribution in [0.1, 0.15) is 16.9 Å². The van der Waals surface area contributed by atoms with Gasteiger partial charge in [0.15, 0.2) is 5.11 Å². The molecule has 0 saturated heterocycles. The van der Waals surface area contributed by atoms with E-state index in [1.807, 2.05) is 0 Å². The van der Waals surface area contributed by atoms with Crippen LogP contribution >= 0.6 is 23.6 Å². The van der Waals surface area contributed by atoms with E-state index in [4.69, 9.17) is 12.2 Å². The second-order valence-corrected chi connectivity index (χ2v) is 7.37. The molecule has 3 nitrogen and oxygen atoms in total. The summed E-state index contributed by atoms with van der Waals surface area (Å²) in [5.74, 6) is 0. The van der Waals surface area contributed by atoms with Crippen LogP contribution in [0.15, 0.2) is 41.8 Å². The van der Waals surface area contributed by atoms with E-state index in [0.717, 1.165) is 36.9 Å². The minimum absolute atomic E-state index is 0.793. The summed E-state index contributed by atoms with van der Waals surface area (Å²) >= 11 is 7.43. The summed E-state index contributed by atoms with van der Waals surface area (Å²) in [6.07, 6.45) is 1.09. The third-order valence-electron chi connectivity index (χ3n) is 3.55. The van der Waals surface area contributed by atoms with Crippen LogP contribution in [0.2, 0.25) is 0 Å². The number of nitrogens with one attached hydrogen (secondary N) is 1. The van der Waals surface area contributed by atoms with Crippen molar-refractivity contribution in [3.8, 4) is 0 Å². The van der Waals surface area contributed by atoms with Gasteiger partial charge in [-0.05, 0) is 69.8 Å². The maximum absolute atomic E-state index is 5.65. The van der Waals surface area contributed by atoms with Crippen LogP contribution in [0, 0.1) is 6.92 Å². The van der Waals surface area contributed by atoms with E-state index in [9.17, 15) is 0 Å². The Kier molecular flexibility index (Phi) is 7.02. The molecule has 23 heavy (non-hydrogen) atoms. The molecule has 1 heterocycles. The van der Waals surface area contributed by atoms with Gasteiger partial charge < -0.3 is 15.1 Å². The normalized spacial score (nSPS) is 10.8. The van der Waals surface area contributed by atoms with Gasteiger partial charge in [-0.2, -0.15) is 0 Å². The highest BCUT2D eigenvalue weighted by Crippen LogP contribution is 2.15. The van der Waals surface area contributed by atoms with Crippen LogP contribution in [0.3, 0.4) is 0 Å². The van der Waals surface area contributed by atoms with Gasteiger partial charge in [0.25, 0.3) is 0 Å². The largest absolute Gasteiger partial charge is 0.344 e. The summed E-state index contributed by atoms with van der Waals surface area (Å²) in [5, 5.41) is 6.28. The number of nitrogens with zero attached hydrogens (tertiary/aromatic N) is 2. The number of aryl methyl sites for hydroxylation is 1. The quantitative estimate of drug-likeness (QED) is 0.756. The number of anilines is 1. The molecule has 0 spiro atoms. The number of thiocarbonyl (C=S) groups is 1. The zero-order valence-corrected chi connectivity index (χ0v) is 15.7. The molecule has 1 N–H and O–H groups in total. The zero-order valence-electron chi connectivity index (χ0n) is 14.1. The smallest absolute Gasteiger partial charge is 0.173 e. The van der Waals surface area contributed by atoms with Gasteiger partial charge in [0.2, 0.25) is 0 Å². The van der Waals surface area contributed by atoms with Crippen molar-refractivity contribution in [3.63, 3.8) is 0 Å². The van der Waals surface area contributed by atoms with Crippen molar-refractivity contribution in [2.24, 2.45) is 0 Å². The molecule has 0 saturated carbocycles. The summed E-state index contributed by atoms with van der Waals surface area (Å²) in [4.78, 5) is 5.80. The molecule has 1 aromatic heterocycles. The van der Waals surface area contributed by atoms with Crippen LogP contribution < -0.4 is 5.32 Å². The first-order valence-corrected chi connectivity index (χ1v) is 9.13. The fourth-order valence-corrected chi connectivity index (χ4v) is 3.25. The molecule has 0 amide bonds. The first-order chi connectivity index (χ1) is 11.0. The van der Waals surface area contributed by atoms with Crippen molar-refractivity contribution in [1.29, 1.82) is 0 Å². The van der Waals surface area contributed by atoms with Crippen molar-refractivity contribution in [2.45, 2.75) is 19.9 Å². The van der Waals surface area contributed by atoms with Crippen molar-refractivity contribution >= 4 is 34.4 Å². The molecule has 0 aliphatic carbocycles. The van der Waals surface area contributed by atoms with Crippen LogP contribution in [-0.2, 0) is 6.54 Å². The fourth-order valence-electron chi connectivity index (χ4n) is 2.26. The van der Waals surface area contributed by atoms with E-state index < -0.39 is 0 Å². The Morgan fingerprint density at radius 2 is 1.87 bits per heavy atom. The van der Waals surface area contributed by atoms with Gasteiger partial charge >= 0.3 is 0 Å². The highest BCUT2D eigenvalue weighted by atomic mass is 32.1. The fraction of sp³-hybridized carbons (Fsp3) is 0.389. The Morgan fingerprint density at radius 1 is 1.13 bits per heavy atom. The van der Waals surface area contributed by atoms with Gasteiger partial charge in [0.1, 0.15) is 0 Å². The number of hydrogen-bond donors (Lipinski definition) is 1. The Morgan fingerprint density at radius 3 is 2.48 bits per heavy atom. The van der Waals surface area contributed by atoms with Crippen molar-refractivity contribution in [1.82, 2.24) is 9.80 Å². The SMILES string of the molecule is Cc1ccc(NC(=S)N(CCCN(C)C)Cc2cccs2)cc1. The van der Waals surface area contributed by atoms with Crippen molar-refractivity contribution < 1.29 is 0 Å². The van der Waals surface area contributed by atoms with Gasteiger partial charge in [-0.1, -0.05) is 23.8 Å². The molecule has 124 valence electrons. The highest BCUT2D eigenvalue weighted by molar-refractivity contribution is 7.80. The number of thiophene rings is 1. The predicted octanol–water partition coefficient (Wildman–Crippen LogP) is 4.21. The van der Waals surface area contributed by atoms with Crippen molar-refractivity contribution in [2.75, 3.05) is 32.5 Å². The van der Waals surface area contributed by atoms with E-state index in [2.05, 4.69) is 77.9 Å². The number of rotatable bonds is 7. The maximum Gasteiger partial charge on any atom is 0.173 e. The highest BCUT2D eigenvalue weighted by Gasteiger charge is 2.11. The molecule has 2 aromatic rings. The molecule has 5 heteroatoms. The zero-order chi connectivity index (χ0) is 16.7. The first kappa shape index (κ1) is 17.9. The summed E-state index contributed by atoms with van der Waals surface area (Å²) < 4.78 is 0. The molecule has 0 bridgehead atoms. The molecular formula is C18H25N3S2. The monoisotopic (exact) mass is 347 g/mol. The van der Waals surface area contributed by atoms with Gasteiger partial charge in [0.05, 0.1) is 6.54 Å². The average Bonchev–Trinajstić information content (AvgIpc) is 3.01. The molecule has 0 atom stereocenters. The lowest BCUT2D eigenvalue weighted by Gasteiger charge is -2.26. The molecule has 1 aromatic carbocycles. The lowest BCUT2D eigenvalue weighted by molar-refractivity contribution is 0.347. The van der Waals surface area contributed by atoms with Crippen molar-refractivity contribution in [3.05, 3.63) is 52.2 Å². The first-order valence-electron chi connectivity index (χ1n) is 7.84. The van der Waals surface area contributed by atoms with Crippen LogP contribution in [0.5, 0.6) is 0 Å². The number of hydrogen-bond acceptors (Lipinski definition) is 3. The lowest BCUT2D eigenvalue weighted by Crippen LogP contribution is -2.36. The Hall–Kier alpha value is -1.43. The summed E-state index contributed by atoms with van der Waals surface area (Å²) in [6.45, 7) is 4.97. The summed E-state index contributed by atoms with van der Waals surface area (Å²) in [5.41, 5.74) is 2.30. The Labute approximate surface area is 148 Å². The topological polar surface area (TPSA) is 18.5 Å². The van der Waals surface area contributed by atoms with Gasteiger partial charge in [-0.3, -0.25) is 0 Å². The van der Waals surface area contributed by atoms with E-state index in [-0.39, 0.29) is 0 Å². The molecule has 0 radical (unpaired) electrons. The summed E-state index contributed by atoms with van der Waals surface area (Å²) in [7, 11) is 4.21. The second-order valence-electron chi connectivity index (χ2n) is 5.95. The van der Waals surface area contributed by atoms with E-state index in [0.29, 0.717) is 0 Å².